The summed E-state index contributed by atoms with van der Waals surface area (Å²) >= 11 is 6.02. The highest BCUT2D eigenvalue weighted by molar-refractivity contribution is 6.31. The number of aromatic nitrogens is 2. The molecule has 0 amide bonds. The van der Waals surface area contributed by atoms with E-state index >= 15 is 0 Å². The number of aliphatic imine (C=N–C) groups is 1. The molecule has 0 spiro atoms. The number of anilines is 1. The molecule has 1 aromatic carbocycles. The van der Waals surface area contributed by atoms with E-state index in [0.29, 0.717) is 55.8 Å². The SMILES string of the molecule is C\C=C/C=N\C(NN1CCN(c2cc(-c3ccc(F)c(Cl)c3)nc(OCC3CCNC3)n2)CC1)=C(/C)C(F)(F)F. The number of alkyl halides is 3. The maximum absolute atomic E-state index is 13.8. The van der Waals surface area contributed by atoms with E-state index in [1.807, 2.05) is 4.90 Å². The summed E-state index contributed by atoms with van der Waals surface area (Å²) in [5.74, 6) is 0.160. The minimum Gasteiger partial charge on any atom is -0.463 e. The number of hydrogen-bond acceptors (Lipinski definition) is 8. The summed E-state index contributed by atoms with van der Waals surface area (Å²) in [5.41, 5.74) is 3.15. The molecule has 2 aliphatic rings. The van der Waals surface area contributed by atoms with Gasteiger partial charge in [-0.25, -0.2) is 14.4 Å². The van der Waals surface area contributed by atoms with E-state index in [0.717, 1.165) is 26.4 Å². The second-order valence-electron chi connectivity index (χ2n) is 9.55. The van der Waals surface area contributed by atoms with Crippen LogP contribution in [0.5, 0.6) is 6.01 Å². The van der Waals surface area contributed by atoms with Crippen molar-refractivity contribution in [1.29, 1.82) is 0 Å². The summed E-state index contributed by atoms with van der Waals surface area (Å²) in [5, 5.41) is 4.97. The number of piperazine rings is 1. The van der Waals surface area contributed by atoms with Gasteiger partial charge < -0.3 is 20.4 Å². The number of benzene rings is 1. The van der Waals surface area contributed by atoms with Gasteiger partial charge in [-0.3, -0.25) is 0 Å². The first-order chi connectivity index (χ1) is 19.1. The van der Waals surface area contributed by atoms with Crippen molar-refractivity contribution in [3.8, 4) is 17.3 Å². The Kier molecular flexibility index (Phi) is 9.99. The molecule has 2 saturated heterocycles. The lowest BCUT2D eigenvalue weighted by molar-refractivity contribution is -0.0930. The fourth-order valence-corrected chi connectivity index (χ4v) is 4.42. The molecule has 0 bridgehead atoms. The van der Waals surface area contributed by atoms with Gasteiger partial charge in [0.1, 0.15) is 17.5 Å². The van der Waals surface area contributed by atoms with Crippen LogP contribution in [-0.4, -0.2) is 73.2 Å². The monoisotopic (exact) mass is 581 g/mol. The van der Waals surface area contributed by atoms with Gasteiger partial charge >= 0.3 is 12.2 Å². The number of allylic oxidation sites excluding steroid dienone is 3. The zero-order valence-corrected chi connectivity index (χ0v) is 23.1. The molecule has 8 nitrogen and oxygen atoms in total. The summed E-state index contributed by atoms with van der Waals surface area (Å²) in [6, 6.07) is 6.34. The second-order valence-corrected chi connectivity index (χ2v) is 9.96. The first kappa shape index (κ1) is 29.8. The van der Waals surface area contributed by atoms with Crippen molar-refractivity contribution in [1.82, 2.24) is 25.7 Å². The van der Waals surface area contributed by atoms with Gasteiger partial charge in [0.05, 0.1) is 22.9 Å². The topological polar surface area (TPSA) is 77.9 Å². The van der Waals surface area contributed by atoms with Crippen LogP contribution in [0.3, 0.4) is 0 Å². The molecule has 216 valence electrons. The molecule has 4 rings (SSSR count). The molecule has 2 fully saturated rings. The standard InChI is InChI=1S/C27H32ClF4N7O/c1-3-4-8-34-25(18(2)27(30,31)32)37-39-12-10-38(11-13-39)24-15-23(20-5-6-22(29)21(28)14-20)35-26(36-24)40-17-19-7-9-33-16-19/h3-6,8,14-15,19,33,37H,7,9-13,16-17H2,1-2H3/b4-3-,25-18-,34-8-. The van der Waals surface area contributed by atoms with Crippen LogP contribution in [0.1, 0.15) is 20.3 Å². The lowest BCUT2D eigenvalue weighted by Crippen LogP contribution is -2.52. The normalized spacial score (nSPS) is 19.5. The maximum atomic E-state index is 13.8. The summed E-state index contributed by atoms with van der Waals surface area (Å²) in [7, 11) is 0. The maximum Gasteiger partial charge on any atom is 0.415 e. The Hall–Kier alpha value is -3.22. The van der Waals surface area contributed by atoms with E-state index < -0.39 is 17.6 Å². The van der Waals surface area contributed by atoms with Gasteiger partial charge in [0, 0.05) is 56.5 Å². The summed E-state index contributed by atoms with van der Waals surface area (Å²) in [4.78, 5) is 15.1. The fourth-order valence-electron chi connectivity index (χ4n) is 4.24. The first-order valence-electron chi connectivity index (χ1n) is 13.0. The molecule has 0 saturated carbocycles. The third kappa shape index (κ3) is 7.92. The summed E-state index contributed by atoms with van der Waals surface area (Å²) in [6.45, 7) is 6.75. The van der Waals surface area contributed by atoms with Crippen LogP contribution in [0.15, 0.2) is 52.8 Å². The molecule has 0 aliphatic carbocycles. The highest BCUT2D eigenvalue weighted by Crippen LogP contribution is 2.29. The van der Waals surface area contributed by atoms with Gasteiger partial charge in [0.2, 0.25) is 0 Å². The third-order valence-electron chi connectivity index (χ3n) is 6.65. The van der Waals surface area contributed by atoms with Gasteiger partial charge in [0.25, 0.3) is 0 Å². The van der Waals surface area contributed by atoms with E-state index in [1.165, 1.54) is 18.3 Å². The molecular weight excluding hydrogens is 550 g/mol. The summed E-state index contributed by atoms with van der Waals surface area (Å²) < 4.78 is 59.9. The van der Waals surface area contributed by atoms with Crippen LogP contribution in [0.4, 0.5) is 23.4 Å². The molecule has 3 heterocycles. The van der Waals surface area contributed by atoms with Crippen molar-refractivity contribution in [2.75, 3.05) is 50.8 Å². The van der Waals surface area contributed by atoms with Gasteiger partial charge in [-0.2, -0.15) is 23.1 Å². The minimum atomic E-state index is -4.51. The van der Waals surface area contributed by atoms with Crippen molar-refractivity contribution in [3.05, 3.63) is 58.7 Å². The molecule has 2 aromatic rings. The highest BCUT2D eigenvalue weighted by Gasteiger charge is 2.34. The Morgan fingerprint density at radius 3 is 2.65 bits per heavy atom. The fraction of sp³-hybridized carbons (Fsp3) is 0.444. The predicted octanol–water partition coefficient (Wildman–Crippen LogP) is 4.99. The molecule has 1 atom stereocenters. The van der Waals surface area contributed by atoms with Crippen molar-refractivity contribution >= 4 is 23.6 Å². The zero-order valence-electron chi connectivity index (χ0n) is 22.3. The Bertz CT molecular complexity index is 1250. The van der Waals surface area contributed by atoms with Crippen molar-refractivity contribution in [2.24, 2.45) is 10.9 Å². The third-order valence-corrected chi connectivity index (χ3v) is 6.94. The molecule has 1 aromatic heterocycles. The quantitative estimate of drug-likeness (QED) is 0.319. The van der Waals surface area contributed by atoms with Gasteiger partial charge in [-0.05, 0) is 51.1 Å². The first-order valence-corrected chi connectivity index (χ1v) is 13.4. The largest absolute Gasteiger partial charge is 0.463 e. The van der Waals surface area contributed by atoms with E-state index in [9.17, 15) is 17.6 Å². The van der Waals surface area contributed by atoms with E-state index in [-0.39, 0.29) is 16.9 Å². The van der Waals surface area contributed by atoms with E-state index in [1.54, 1.807) is 36.2 Å². The molecule has 13 heteroatoms. The number of ether oxygens (including phenoxy) is 1. The van der Waals surface area contributed by atoms with Gasteiger partial charge in [-0.15, -0.1) is 0 Å². The molecular formula is C27H32ClF4N7O. The lowest BCUT2D eigenvalue weighted by Gasteiger charge is -2.36. The highest BCUT2D eigenvalue weighted by atomic mass is 35.5. The number of hydrazine groups is 1. The second kappa shape index (κ2) is 13.4. The number of rotatable bonds is 9. The Morgan fingerprint density at radius 2 is 2.00 bits per heavy atom. The number of hydrogen-bond donors (Lipinski definition) is 2. The smallest absolute Gasteiger partial charge is 0.415 e. The van der Waals surface area contributed by atoms with Crippen LogP contribution in [0.25, 0.3) is 11.3 Å². The van der Waals surface area contributed by atoms with Crippen LogP contribution in [0, 0.1) is 11.7 Å². The zero-order chi connectivity index (χ0) is 28.7. The predicted molar refractivity (Wildman–Crippen MR) is 148 cm³/mol. The lowest BCUT2D eigenvalue weighted by atomic mass is 10.1. The number of nitrogens with one attached hydrogen (secondary N) is 2. The van der Waals surface area contributed by atoms with Crippen LogP contribution in [-0.2, 0) is 0 Å². The number of halogens is 5. The molecule has 40 heavy (non-hydrogen) atoms. The van der Waals surface area contributed by atoms with Crippen LogP contribution >= 0.6 is 11.6 Å². The Balaban J connectivity index is 1.52. The molecule has 2 aliphatic heterocycles. The molecule has 0 radical (unpaired) electrons. The Labute approximate surface area is 235 Å². The molecule has 2 N–H and O–H groups in total. The summed E-state index contributed by atoms with van der Waals surface area (Å²) in [6.07, 6.45) is 1.05. The average Bonchev–Trinajstić information content (AvgIpc) is 3.46. The van der Waals surface area contributed by atoms with Gasteiger partial charge in [-0.1, -0.05) is 17.7 Å². The minimum absolute atomic E-state index is 0.0213. The number of nitrogens with zero attached hydrogens (tertiary/aromatic N) is 5. The van der Waals surface area contributed by atoms with Crippen molar-refractivity contribution < 1.29 is 22.3 Å². The van der Waals surface area contributed by atoms with Crippen LogP contribution < -0.4 is 20.4 Å². The Morgan fingerprint density at radius 1 is 1.23 bits per heavy atom. The molecule has 1 unspecified atom stereocenters. The average molecular weight is 582 g/mol. The van der Waals surface area contributed by atoms with Crippen molar-refractivity contribution in [3.63, 3.8) is 0 Å². The van der Waals surface area contributed by atoms with E-state index in [2.05, 4.69) is 25.7 Å². The van der Waals surface area contributed by atoms with E-state index in [4.69, 9.17) is 16.3 Å². The van der Waals surface area contributed by atoms with Crippen LogP contribution in [0.2, 0.25) is 5.02 Å². The van der Waals surface area contributed by atoms with Crippen molar-refractivity contribution in [2.45, 2.75) is 26.4 Å². The van der Waals surface area contributed by atoms with Gasteiger partial charge in [0.15, 0.2) is 0 Å².